The van der Waals surface area contributed by atoms with Crippen LogP contribution in [0.1, 0.15) is 38.2 Å². The second kappa shape index (κ2) is 9.60. The molecule has 1 fully saturated rings. The zero-order chi connectivity index (χ0) is 19.9. The first-order chi connectivity index (χ1) is 13.5. The average Bonchev–Trinajstić information content (AvgIpc) is 2.70. The van der Waals surface area contributed by atoms with E-state index in [4.69, 9.17) is 9.47 Å². The summed E-state index contributed by atoms with van der Waals surface area (Å²) in [5.74, 6) is 1.77. The fourth-order valence-corrected chi connectivity index (χ4v) is 3.34. The Kier molecular flexibility index (Phi) is 6.93. The first-order valence-electron chi connectivity index (χ1n) is 9.98. The van der Waals surface area contributed by atoms with Crippen LogP contribution < -0.4 is 14.8 Å². The van der Waals surface area contributed by atoms with Crippen molar-refractivity contribution in [1.82, 2.24) is 4.90 Å². The lowest BCUT2D eigenvalue weighted by atomic mass is 10.0. The fourth-order valence-electron chi connectivity index (χ4n) is 3.34. The second-order valence-electron chi connectivity index (χ2n) is 7.67. The SMILES string of the molecule is CC(C)c1ccccc1OCC(=O)Nc1ccc(OC2CCN(C)CC2)cc1. The number of likely N-dealkylation sites (tertiary alicyclic amines) is 1. The summed E-state index contributed by atoms with van der Waals surface area (Å²) in [7, 11) is 2.14. The van der Waals surface area contributed by atoms with Gasteiger partial charge in [0.2, 0.25) is 0 Å². The number of anilines is 1. The summed E-state index contributed by atoms with van der Waals surface area (Å²) >= 11 is 0. The standard InChI is InChI=1S/C23H30N2O3/c1-17(2)21-6-4-5-7-22(21)27-16-23(26)24-18-8-10-19(11-9-18)28-20-12-14-25(3)15-13-20/h4-11,17,20H,12-16H2,1-3H3,(H,24,26). The van der Waals surface area contributed by atoms with Gasteiger partial charge in [-0.2, -0.15) is 0 Å². The van der Waals surface area contributed by atoms with Gasteiger partial charge in [0.05, 0.1) is 0 Å². The number of carbonyl (C=O) groups is 1. The number of nitrogens with one attached hydrogen (secondary N) is 1. The highest BCUT2D eigenvalue weighted by atomic mass is 16.5. The highest BCUT2D eigenvalue weighted by Gasteiger charge is 2.18. The molecule has 1 amide bonds. The number of piperidine rings is 1. The number of carbonyl (C=O) groups excluding carboxylic acids is 1. The Morgan fingerprint density at radius 1 is 1.11 bits per heavy atom. The summed E-state index contributed by atoms with van der Waals surface area (Å²) in [6.45, 7) is 6.34. The van der Waals surface area contributed by atoms with Crippen LogP contribution in [0.25, 0.3) is 0 Å². The summed E-state index contributed by atoms with van der Waals surface area (Å²) < 4.78 is 11.8. The molecule has 2 aromatic carbocycles. The lowest BCUT2D eigenvalue weighted by Gasteiger charge is -2.29. The predicted molar refractivity (Wildman–Crippen MR) is 112 cm³/mol. The number of para-hydroxylation sites is 1. The molecule has 1 saturated heterocycles. The van der Waals surface area contributed by atoms with E-state index in [1.807, 2.05) is 48.5 Å². The van der Waals surface area contributed by atoms with Crippen molar-refractivity contribution < 1.29 is 14.3 Å². The largest absolute Gasteiger partial charge is 0.490 e. The zero-order valence-electron chi connectivity index (χ0n) is 17.0. The molecule has 1 aliphatic rings. The molecule has 1 N–H and O–H groups in total. The van der Waals surface area contributed by atoms with Gasteiger partial charge in [0, 0.05) is 18.8 Å². The molecule has 1 heterocycles. The summed E-state index contributed by atoms with van der Waals surface area (Å²) in [5.41, 5.74) is 1.84. The number of rotatable bonds is 7. The van der Waals surface area contributed by atoms with E-state index in [2.05, 4.69) is 31.1 Å². The molecular weight excluding hydrogens is 352 g/mol. The zero-order valence-corrected chi connectivity index (χ0v) is 17.0. The van der Waals surface area contributed by atoms with Crippen LogP contribution in [0, 0.1) is 0 Å². The van der Waals surface area contributed by atoms with Gasteiger partial charge >= 0.3 is 0 Å². The number of nitrogens with zero attached hydrogens (tertiary/aromatic N) is 1. The first-order valence-corrected chi connectivity index (χ1v) is 9.98. The van der Waals surface area contributed by atoms with E-state index in [9.17, 15) is 4.79 Å². The van der Waals surface area contributed by atoms with E-state index >= 15 is 0 Å². The monoisotopic (exact) mass is 382 g/mol. The predicted octanol–water partition coefficient (Wildman–Crippen LogP) is 4.30. The third-order valence-corrected chi connectivity index (χ3v) is 5.01. The van der Waals surface area contributed by atoms with Gasteiger partial charge in [-0.25, -0.2) is 0 Å². The Hall–Kier alpha value is -2.53. The average molecular weight is 383 g/mol. The summed E-state index contributed by atoms with van der Waals surface area (Å²) in [6.07, 6.45) is 2.36. The Morgan fingerprint density at radius 2 is 1.79 bits per heavy atom. The maximum Gasteiger partial charge on any atom is 0.262 e. The van der Waals surface area contributed by atoms with Crippen molar-refractivity contribution in [3.8, 4) is 11.5 Å². The highest BCUT2D eigenvalue weighted by molar-refractivity contribution is 5.91. The Bertz CT molecular complexity index is 766. The van der Waals surface area contributed by atoms with Gasteiger partial charge in [-0.15, -0.1) is 0 Å². The van der Waals surface area contributed by atoms with Crippen molar-refractivity contribution in [2.75, 3.05) is 32.1 Å². The van der Waals surface area contributed by atoms with Gasteiger partial charge < -0.3 is 19.7 Å². The number of amides is 1. The topological polar surface area (TPSA) is 50.8 Å². The summed E-state index contributed by atoms with van der Waals surface area (Å²) in [6, 6.07) is 15.4. The molecule has 2 aromatic rings. The summed E-state index contributed by atoms with van der Waals surface area (Å²) in [5, 5.41) is 2.87. The van der Waals surface area contributed by atoms with E-state index in [-0.39, 0.29) is 18.6 Å². The molecule has 0 spiro atoms. The van der Waals surface area contributed by atoms with Crippen molar-refractivity contribution in [2.45, 2.75) is 38.7 Å². The van der Waals surface area contributed by atoms with Crippen LogP contribution in [-0.2, 0) is 4.79 Å². The van der Waals surface area contributed by atoms with Crippen LogP contribution in [-0.4, -0.2) is 43.7 Å². The third kappa shape index (κ3) is 5.73. The molecule has 150 valence electrons. The van der Waals surface area contributed by atoms with Gasteiger partial charge in [-0.05, 0) is 61.7 Å². The number of hydrogen-bond acceptors (Lipinski definition) is 4. The number of benzene rings is 2. The van der Waals surface area contributed by atoms with Crippen LogP contribution in [0.4, 0.5) is 5.69 Å². The van der Waals surface area contributed by atoms with Crippen molar-refractivity contribution >= 4 is 11.6 Å². The Labute approximate surface area is 167 Å². The van der Waals surface area contributed by atoms with Crippen LogP contribution in [0.15, 0.2) is 48.5 Å². The third-order valence-electron chi connectivity index (χ3n) is 5.01. The molecule has 0 aromatic heterocycles. The van der Waals surface area contributed by atoms with E-state index in [1.54, 1.807) is 0 Å². The molecule has 1 aliphatic heterocycles. The maximum atomic E-state index is 12.2. The molecule has 5 heteroatoms. The van der Waals surface area contributed by atoms with E-state index in [0.717, 1.165) is 48.7 Å². The lowest BCUT2D eigenvalue weighted by Crippen LogP contribution is -2.35. The molecule has 3 rings (SSSR count). The maximum absolute atomic E-state index is 12.2. The van der Waals surface area contributed by atoms with Crippen LogP contribution in [0.2, 0.25) is 0 Å². The Morgan fingerprint density at radius 3 is 2.46 bits per heavy atom. The van der Waals surface area contributed by atoms with Crippen LogP contribution in [0.5, 0.6) is 11.5 Å². The van der Waals surface area contributed by atoms with Crippen molar-refractivity contribution in [3.05, 3.63) is 54.1 Å². The first kappa shape index (κ1) is 20.2. The molecular formula is C23H30N2O3. The molecule has 0 atom stereocenters. The van der Waals surface area contributed by atoms with Crippen molar-refractivity contribution in [2.24, 2.45) is 0 Å². The van der Waals surface area contributed by atoms with Crippen molar-refractivity contribution in [1.29, 1.82) is 0 Å². The van der Waals surface area contributed by atoms with Crippen LogP contribution >= 0.6 is 0 Å². The molecule has 0 unspecified atom stereocenters. The quantitative estimate of drug-likeness (QED) is 0.776. The van der Waals surface area contributed by atoms with Gasteiger partial charge in [0.15, 0.2) is 6.61 Å². The van der Waals surface area contributed by atoms with Crippen molar-refractivity contribution in [3.63, 3.8) is 0 Å². The van der Waals surface area contributed by atoms with E-state index < -0.39 is 0 Å². The Balaban J connectivity index is 1.48. The molecule has 0 aliphatic carbocycles. The second-order valence-corrected chi connectivity index (χ2v) is 7.67. The minimum atomic E-state index is -0.178. The molecule has 0 bridgehead atoms. The van der Waals surface area contributed by atoms with Gasteiger partial charge in [0.1, 0.15) is 17.6 Å². The smallest absolute Gasteiger partial charge is 0.262 e. The van der Waals surface area contributed by atoms with Crippen LogP contribution in [0.3, 0.4) is 0 Å². The fraction of sp³-hybridized carbons (Fsp3) is 0.435. The minimum Gasteiger partial charge on any atom is -0.490 e. The molecule has 28 heavy (non-hydrogen) atoms. The van der Waals surface area contributed by atoms with Gasteiger partial charge in [0.25, 0.3) is 5.91 Å². The highest BCUT2D eigenvalue weighted by Crippen LogP contribution is 2.26. The number of ether oxygens (including phenoxy) is 2. The molecule has 0 saturated carbocycles. The lowest BCUT2D eigenvalue weighted by molar-refractivity contribution is -0.118. The molecule has 5 nitrogen and oxygen atoms in total. The normalized spacial score (nSPS) is 15.4. The van der Waals surface area contributed by atoms with Gasteiger partial charge in [-0.3, -0.25) is 4.79 Å². The minimum absolute atomic E-state index is 0.0163. The van der Waals surface area contributed by atoms with Gasteiger partial charge in [-0.1, -0.05) is 32.0 Å². The van der Waals surface area contributed by atoms with E-state index in [1.165, 1.54) is 0 Å². The molecule has 0 radical (unpaired) electrons. The number of hydrogen-bond donors (Lipinski definition) is 1. The van der Waals surface area contributed by atoms with E-state index in [0.29, 0.717) is 5.92 Å². The summed E-state index contributed by atoms with van der Waals surface area (Å²) in [4.78, 5) is 14.5.